The summed E-state index contributed by atoms with van der Waals surface area (Å²) >= 11 is 0. The van der Waals surface area contributed by atoms with Gasteiger partial charge in [0.1, 0.15) is 17.8 Å². The molecule has 0 spiro atoms. The number of ketones is 2. The van der Waals surface area contributed by atoms with Crippen molar-refractivity contribution in [2.24, 2.45) is 5.92 Å². The van der Waals surface area contributed by atoms with Gasteiger partial charge in [0.2, 0.25) is 5.78 Å². The van der Waals surface area contributed by atoms with Gasteiger partial charge in [0, 0.05) is 50.7 Å². The highest BCUT2D eigenvalue weighted by atomic mass is 16.5. The van der Waals surface area contributed by atoms with E-state index in [2.05, 4.69) is 4.98 Å². The fourth-order valence-corrected chi connectivity index (χ4v) is 4.94. The first-order valence-electron chi connectivity index (χ1n) is 11.7. The van der Waals surface area contributed by atoms with Gasteiger partial charge < -0.3 is 14.5 Å². The molecule has 5 rings (SSSR count). The van der Waals surface area contributed by atoms with Crippen molar-refractivity contribution in [1.29, 1.82) is 0 Å². The van der Waals surface area contributed by atoms with Crippen molar-refractivity contribution in [2.45, 2.75) is 32.0 Å². The number of likely N-dealkylation sites (tertiary alicyclic amines) is 1. The second kappa shape index (κ2) is 8.98. The molecule has 0 saturated carbocycles. The molecule has 2 aromatic carbocycles. The molecule has 7 heteroatoms. The second-order valence-corrected chi connectivity index (χ2v) is 9.38. The van der Waals surface area contributed by atoms with Crippen LogP contribution in [0.5, 0.6) is 5.75 Å². The van der Waals surface area contributed by atoms with E-state index in [1.807, 2.05) is 50.2 Å². The maximum Gasteiger partial charge on any atom is 0.291 e. The van der Waals surface area contributed by atoms with Crippen LogP contribution in [-0.2, 0) is 22.6 Å². The molecule has 0 radical (unpaired) electrons. The quantitative estimate of drug-likeness (QED) is 0.312. The van der Waals surface area contributed by atoms with Crippen molar-refractivity contribution < 1.29 is 19.1 Å². The summed E-state index contributed by atoms with van der Waals surface area (Å²) < 4.78 is 5.76. The Labute approximate surface area is 204 Å². The number of aromatic nitrogens is 1. The lowest BCUT2D eigenvalue weighted by molar-refractivity contribution is -0.141. The molecule has 3 atom stereocenters. The minimum absolute atomic E-state index is 0.0452. The van der Waals surface area contributed by atoms with E-state index >= 15 is 0 Å². The van der Waals surface area contributed by atoms with Crippen molar-refractivity contribution in [3.8, 4) is 5.75 Å². The van der Waals surface area contributed by atoms with Gasteiger partial charge in [-0.25, -0.2) is 0 Å². The SMILES string of the molecule is CC1Cc2cc(C(=O)C3C(=O)C(=O)N(Cc4ccncc4)C3c3ccc(N(C)C)cc3)ccc2O1. The number of pyridine rings is 1. The lowest BCUT2D eigenvalue weighted by atomic mass is 9.85. The summed E-state index contributed by atoms with van der Waals surface area (Å²) in [5.41, 5.74) is 3.95. The first-order chi connectivity index (χ1) is 16.8. The molecule has 3 aromatic rings. The van der Waals surface area contributed by atoms with Gasteiger partial charge in [-0.3, -0.25) is 19.4 Å². The third-order valence-corrected chi connectivity index (χ3v) is 6.72. The number of hydrogen-bond donors (Lipinski definition) is 0. The summed E-state index contributed by atoms with van der Waals surface area (Å²) in [5.74, 6) is -2.01. The molecule has 1 saturated heterocycles. The maximum absolute atomic E-state index is 13.8. The molecule has 178 valence electrons. The van der Waals surface area contributed by atoms with Crippen LogP contribution in [0.4, 0.5) is 5.69 Å². The molecular weight excluding hydrogens is 442 g/mol. The molecule has 1 fully saturated rings. The molecule has 7 nitrogen and oxygen atoms in total. The van der Waals surface area contributed by atoms with Gasteiger partial charge >= 0.3 is 0 Å². The van der Waals surface area contributed by atoms with Crippen LogP contribution in [0.3, 0.4) is 0 Å². The topological polar surface area (TPSA) is 79.8 Å². The summed E-state index contributed by atoms with van der Waals surface area (Å²) in [5, 5.41) is 0. The molecule has 1 amide bonds. The number of Topliss-reactive ketones (excluding diaryl/α,β-unsaturated/α-hetero) is 2. The molecule has 3 heterocycles. The van der Waals surface area contributed by atoms with Crippen molar-refractivity contribution in [3.05, 3.63) is 89.2 Å². The number of amides is 1. The van der Waals surface area contributed by atoms with Crippen LogP contribution in [0.2, 0.25) is 0 Å². The van der Waals surface area contributed by atoms with Crippen LogP contribution in [-0.4, -0.2) is 47.6 Å². The lowest BCUT2D eigenvalue weighted by Crippen LogP contribution is -2.30. The Morgan fingerprint density at radius 2 is 1.77 bits per heavy atom. The van der Waals surface area contributed by atoms with E-state index in [0.717, 1.165) is 28.1 Å². The fraction of sp³-hybridized carbons (Fsp3) is 0.286. The van der Waals surface area contributed by atoms with E-state index in [1.54, 1.807) is 42.7 Å². The van der Waals surface area contributed by atoms with E-state index in [1.165, 1.54) is 4.90 Å². The summed E-state index contributed by atoms with van der Waals surface area (Å²) in [6.45, 7) is 2.19. The normalized spacial score (nSPS) is 21.1. The number of carbonyl (C=O) groups is 3. The Balaban J connectivity index is 1.55. The van der Waals surface area contributed by atoms with Crippen molar-refractivity contribution >= 4 is 23.2 Å². The number of anilines is 1. The predicted octanol–water partition coefficient (Wildman–Crippen LogP) is 3.62. The van der Waals surface area contributed by atoms with Gasteiger partial charge in [0.25, 0.3) is 5.91 Å². The summed E-state index contributed by atoms with van der Waals surface area (Å²) in [7, 11) is 3.89. The molecule has 0 bridgehead atoms. The predicted molar refractivity (Wildman–Crippen MR) is 131 cm³/mol. The number of benzene rings is 2. The van der Waals surface area contributed by atoms with Crippen molar-refractivity contribution in [1.82, 2.24) is 9.88 Å². The average molecular weight is 470 g/mol. The highest BCUT2D eigenvalue weighted by molar-refractivity contribution is 6.44. The highest BCUT2D eigenvalue weighted by Gasteiger charge is 2.51. The van der Waals surface area contributed by atoms with Crippen LogP contribution in [0.15, 0.2) is 67.0 Å². The minimum atomic E-state index is -1.12. The summed E-state index contributed by atoms with van der Waals surface area (Å²) in [4.78, 5) is 47.8. The highest BCUT2D eigenvalue weighted by Crippen LogP contribution is 2.40. The first kappa shape index (κ1) is 22.8. The zero-order valence-electron chi connectivity index (χ0n) is 20.0. The van der Waals surface area contributed by atoms with Gasteiger partial charge in [-0.15, -0.1) is 0 Å². The molecule has 35 heavy (non-hydrogen) atoms. The van der Waals surface area contributed by atoms with Crippen LogP contribution >= 0.6 is 0 Å². The van der Waals surface area contributed by atoms with E-state index in [0.29, 0.717) is 12.0 Å². The standard InChI is InChI=1S/C28H27N3O4/c1-17-14-21-15-20(6-9-23(21)35-17)26(32)24-25(19-4-7-22(8-5-19)30(2)3)31(28(34)27(24)33)16-18-10-12-29-13-11-18/h4-13,15,17,24-25H,14,16H2,1-3H3. The Bertz CT molecular complexity index is 1290. The number of carbonyl (C=O) groups excluding carboxylic acids is 3. The molecule has 2 aliphatic rings. The monoisotopic (exact) mass is 469 g/mol. The average Bonchev–Trinajstić information content (AvgIpc) is 3.35. The number of fused-ring (bicyclic) bond motifs is 1. The zero-order chi connectivity index (χ0) is 24.7. The van der Waals surface area contributed by atoms with Crippen molar-refractivity contribution in [2.75, 3.05) is 19.0 Å². The number of ether oxygens (including phenoxy) is 1. The van der Waals surface area contributed by atoms with Crippen LogP contribution in [0, 0.1) is 5.92 Å². The zero-order valence-corrected chi connectivity index (χ0v) is 20.0. The Kier molecular flexibility index (Phi) is 5.84. The van der Waals surface area contributed by atoms with E-state index < -0.39 is 23.7 Å². The molecule has 0 N–H and O–H groups in total. The molecular formula is C28H27N3O4. The second-order valence-electron chi connectivity index (χ2n) is 9.38. The number of rotatable bonds is 6. The first-order valence-corrected chi connectivity index (χ1v) is 11.7. The van der Waals surface area contributed by atoms with Gasteiger partial charge in [-0.2, -0.15) is 0 Å². The lowest BCUT2D eigenvalue weighted by Gasteiger charge is -2.28. The minimum Gasteiger partial charge on any atom is -0.490 e. The van der Waals surface area contributed by atoms with Crippen LogP contribution in [0.1, 0.15) is 40.0 Å². The van der Waals surface area contributed by atoms with Gasteiger partial charge in [0.05, 0.1) is 6.04 Å². The summed E-state index contributed by atoms with van der Waals surface area (Å²) in [6, 6.07) is 15.8. The van der Waals surface area contributed by atoms with Crippen LogP contribution in [0.25, 0.3) is 0 Å². The maximum atomic E-state index is 13.8. The Hall–Kier alpha value is -4.00. The molecule has 2 aliphatic heterocycles. The third kappa shape index (κ3) is 4.18. The summed E-state index contributed by atoms with van der Waals surface area (Å²) in [6.07, 6.45) is 4.05. The van der Waals surface area contributed by atoms with Gasteiger partial charge in [-0.05, 0) is 66.1 Å². The smallest absolute Gasteiger partial charge is 0.291 e. The van der Waals surface area contributed by atoms with E-state index in [9.17, 15) is 14.4 Å². The third-order valence-electron chi connectivity index (χ3n) is 6.72. The van der Waals surface area contributed by atoms with Gasteiger partial charge in [0.15, 0.2) is 5.78 Å². The van der Waals surface area contributed by atoms with E-state index in [-0.39, 0.29) is 18.4 Å². The Morgan fingerprint density at radius 3 is 2.46 bits per heavy atom. The molecule has 1 aromatic heterocycles. The van der Waals surface area contributed by atoms with Gasteiger partial charge in [-0.1, -0.05) is 12.1 Å². The van der Waals surface area contributed by atoms with Crippen molar-refractivity contribution in [3.63, 3.8) is 0 Å². The Morgan fingerprint density at radius 1 is 1.06 bits per heavy atom. The number of nitrogens with zero attached hydrogens (tertiary/aromatic N) is 3. The van der Waals surface area contributed by atoms with E-state index in [4.69, 9.17) is 4.74 Å². The molecule has 3 unspecified atom stereocenters. The molecule has 0 aliphatic carbocycles. The largest absolute Gasteiger partial charge is 0.490 e. The van der Waals surface area contributed by atoms with Crippen LogP contribution < -0.4 is 9.64 Å². The fourth-order valence-electron chi connectivity index (χ4n) is 4.94. The number of hydrogen-bond acceptors (Lipinski definition) is 6.